The van der Waals surface area contributed by atoms with Crippen molar-refractivity contribution in [1.82, 2.24) is 14.4 Å². The van der Waals surface area contributed by atoms with Gasteiger partial charge in [0, 0.05) is 32.7 Å². The summed E-state index contributed by atoms with van der Waals surface area (Å²) in [6.07, 6.45) is -0.281. The molecule has 0 bridgehead atoms. The average Bonchev–Trinajstić information content (AvgIpc) is 3.29. The van der Waals surface area contributed by atoms with E-state index in [0.717, 1.165) is 16.9 Å². The van der Waals surface area contributed by atoms with Crippen molar-refractivity contribution < 1.29 is 31.9 Å². The smallest absolute Gasteiger partial charge is 0.337 e. The first-order valence-corrected chi connectivity index (χ1v) is 13.7. The van der Waals surface area contributed by atoms with Gasteiger partial charge in [-0.3, -0.25) is 4.90 Å². The molecule has 38 heavy (non-hydrogen) atoms. The van der Waals surface area contributed by atoms with Crippen molar-refractivity contribution >= 4 is 16.0 Å². The van der Waals surface area contributed by atoms with E-state index in [9.17, 15) is 13.2 Å². The van der Waals surface area contributed by atoms with Gasteiger partial charge >= 0.3 is 5.97 Å². The summed E-state index contributed by atoms with van der Waals surface area (Å²) in [5.41, 5.74) is 2.73. The summed E-state index contributed by atoms with van der Waals surface area (Å²) in [5.74, 6) is 0.646. The maximum atomic E-state index is 13.2. The third-order valence-corrected chi connectivity index (χ3v) is 8.76. The van der Waals surface area contributed by atoms with Crippen LogP contribution >= 0.6 is 0 Å². The molecule has 11 heteroatoms. The molecule has 1 aliphatic heterocycles. The number of aromatic nitrogens is 1. The quantitative estimate of drug-likeness (QED) is 0.355. The fraction of sp³-hybridized carbons (Fsp3) is 0.407. The molecule has 10 nitrogen and oxygen atoms in total. The summed E-state index contributed by atoms with van der Waals surface area (Å²) in [4.78, 5) is 14.1. The van der Waals surface area contributed by atoms with Crippen molar-refractivity contribution in [3.63, 3.8) is 0 Å². The second-order valence-corrected chi connectivity index (χ2v) is 11.0. The van der Waals surface area contributed by atoms with Gasteiger partial charge in [0.1, 0.15) is 16.3 Å². The molecular weight excluding hydrogens is 510 g/mol. The number of benzene rings is 2. The third-order valence-electron chi connectivity index (χ3n) is 6.61. The molecule has 1 aromatic heterocycles. The molecule has 0 radical (unpaired) electrons. The normalized spacial score (nSPS) is 15.8. The van der Waals surface area contributed by atoms with Gasteiger partial charge in [0.2, 0.25) is 10.0 Å². The van der Waals surface area contributed by atoms with Crippen molar-refractivity contribution in [3.8, 4) is 5.75 Å². The lowest BCUT2D eigenvalue weighted by atomic mass is 10.1. The highest BCUT2D eigenvalue weighted by Crippen LogP contribution is 2.27. The van der Waals surface area contributed by atoms with Gasteiger partial charge in [-0.2, -0.15) is 4.31 Å². The van der Waals surface area contributed by atoms with E-state index in [-0.39, 0.29) is 17.0 Å². The van der Waals surface area contributed by atoms with E-state index < -0.39 is 10.0 Å². The molecule has 1 aliphatic rings. The second-order valence-electron chi connectivity index (χ2n) is 9.12. The molecule has 0 aliphatic carbocycles. The van der Waals surface area contributed by atoms with Gasteiger partial charge in [-0.25, -0.2) is 13.2 Å². The minimum atomic E-state index is -3.68. The number of carbonyl (C=O) groups is 1. The largest absolute Gasteiger partial charge is 0.497 e. The molecule has 0 saturated carbocycles. The zero-order valence-electron chi connectivity index (χ0n) is 22.0. The maximum Gasteiger partial charge on any atom is 0.337 e. The van der Waals surface area contributed by atoms with Crippen molar-refractivity contribution in [2.45, 2.75) is 31.5 Å². The Bertz CT molecular complexity index is 1330. The number of rotatable bonds is 10. The topological polar surface area (TPSA) is 111 Å². The van der Waals surface area contributed by atoms with E-state index in [0.29, 0.717) is 56.3 Å². The summed E-state index contributed by atoms with van der Waals surface area (Å²) < 4.78 is 49.5. The van der Waals surface area contributed by atoms with Gasteiger partial charge in [0.15, 0.2) is 5.76 Å². The van der Waals surface area contributed by atoms with Gasteiger partial charge in [-0.15, -0.1) is 0 Å². The predicted molar refractivity (Wildman–Crippen MR) is 139 cm³/mol. The van der Waals surface area contributed by atoms with E-state index in [1.807, 2.05) is 36.4 Å². The highest BCUT2D eigenvalue weighted by molar-refractivity contribution is 7.89. The van der Waals surface area contributed by atoms with Crippen molar-refractivity contribution in [1.29, 1.82) is 0 Å². The number of esters is 1. The van der Waals surface area contributed by atoms with E-state index in [4.69, 9.17) is 18.7 Å². The maximum absolute atomic E-state index is 13.2. The van der Waals surface area contributed by atoms with Crippen LogP contribution in [0.4, 0.5) is 0 Å². The lowest BCUT2D eigenvalue weighted by molar-refractivity contribution is 0.00761. The molecule has 1 unspecified atom stereocenters. The van der Waals surface area contributed by atoms with Crippen LogP contribution in [0.1, 0.15) is 39.0 Å². The Morgan fingerprint density at radius 2 is 1.76 bits per heavy atom. The molecule has 0 N–H and O–H groups in total. The van der Waals surface area contributed by atoms with E-state index in [2.05, 4.69) is 10.1 Å². The molecule has 0 spiro atoms. The van der Waals surface area contributed by atoms with Crippen LogP contribution in [-0.4, -0.2) is 75.7 Å². The Hall–Kier alpha value is -3.25. The molecule has 2 heterocycles. The fourth-order valence-corrected chi connectivity index (χ4v) is 6.22. The van der Waals surface area contributed by atoms with Crippen LogP contribution in [0.3, 0.4) is 0 Å². The lowest BCUT2D eigenvalue weighted by Crippen LogP contribution is -2.49. The first kappa shape index (κ1) is 27.8. The van der Waals surface area contributed by atoms with Gasteiger partial charge in [-0.05, 0) is 49.2 Å². The molecular formula is C27H33N3O7S. The van der Waals surface area contributed by atoms with Gasteiger partial charge in [0.25, 0.3) is 0 Å². The number of nitrogens with zero attached hydrogens (tertiary/aromatic N) is 3. The number of aryl methyl sites for hydroxylation is 2. The summed E-state index contributed by atoms with van der Waals surface area (Å²) >= 11 is 0. The molecule has 204 valence electrons. The number of carbonyl (C=O) groups excluding carboxylic acids is 1. The van der Waals surface area contributed by atoms with Crippen LogP contribution in [0.25, 0.3) is 0 Å². The van der Waals surface area contributed by atoms with E-state index in [1.54, 1.807) is 33.1 Å². The van der Waals surface area contributed by atoms with Crippen LogP contribution in [0.15, 0.2) is 57.9 Å². The molecule has 0 amide bonds. The van der Waals surface area contributed by atoms with Crippen LogP contribution < -0.4 is 4.74 Å². The number of piperazine rings is 1. The number of ether oxygens (including phenoxy) is 3. The first-order chi connectivity index (χ1) is 18.2. The van der Waals surface area contributed by atoms with E-state index >= 15 is 0 Å². The molecule has 3 aromatic rings. The minimum Gasteiger partial charge on any atom is -0.497 e. The second kappa shape index (κ2) is 12.1. The van der Waals surface area contributed by atoms with Crippen LogP contribution in [-0.2, 0) is 26.1 Å². The van der Waals surface area contributed by atoms with E-state index in [1.165, 1.54) is 11.4 Å². The zero-order chi connectivity index (χ0) is 27.3. The standard InChI is InChI=1S/C27H33N3O7S/c1-19-26(20(2)37-28-19)38(32,33)30-14-12-29(13-15-30)17-25(23-6-5-7-24(16-23)34-3)36-18-21-8-10-22(11-9-21)27(31)35-4/h5-11,16,25H,12-15,17-18H2,1-4H3. The van der Waals surface area contributed by atoms with Gasteiger partial charge < -0.3 is 18.7 Å². The molecule has 1 fully saturated rings. The SMILES string of the molecule is COC(=O)c1ccc(COC(CN2CCN(S(=O)(=O)c3c(C)noc3C)CC2)c2cccc(OC)c2)cc1. The first-order valence-electron chi connectivity index (χ1n) is 12.3. The Morgan fingerprint density at radius 1 is 1.05 bits per heavy atom. The average molecular weight is 544 g/mol. The summed E-state index contributed by atoms with van der Waals surface area (Å²) in [6, 6.07) is 14.8. The number of sulfonamides is 1. The summed E-state index contributed by atoms with van der Waals surface area (Å²) in [5, 5.41) is 3.80. The minimum absolute atomic E-state index is 0.154. The molecule has 1 atom stereocenters. The zero-order valence-corrected chi connectivity index (χ0v) is 22.9. The van der Waals surface area contributed by atoms with Crippen molar-refractivity contribution in [3.05, 3.63) is 76.7 Å². The van der Waals surface area contributed by atoms with Gasteiger partial charge in [0.05, 0.1) is 32.5 Å². The van der Waals surface area contributed by atoms with Crippen LogP contribution in [0.2, 0.25) is 0 Å². The number of methoxy groups -OCH3 is 2. The number of hydrogen-bond donors (Lipinski definition) is 0. The van der Waals surface area contributed by atoms with Crippen LogP contribution in [0, 0.1) is 13.8 Å². The molecule has 1 saturated heterocycles. The van der Waals surface area contributed by atoms with Crippen molar-refractivity contribution in [2.24, 2.45) is 0 Å². The Balaban J connectivity index is 1.44. The monoisotopic (exact) mass is 543 g/mol. The summed E-state index contributed by atoms with van der Waals surface area (Å²) in [7, 11) is -0.709. The molecule has 4 rings (SSSR count). The molecule has 2 aromatic carbocycles. The third kappa shape index (κ3) is 6.24. The Labute approximate surface area is 223 Å². The predicted octanol–water partition coefficient (Wildman–Crippen LogP) is 3.35. The lowest BCUT2D eigenvalue weighted by Gasteiger charge is -2.35. The van der Waals surface area contributed by atoms with Gasteiger partial charge in [-0.1, -0.05) is 29.4 Å². The highest BCUT2D eigenvalue weighted by atomic mass is 32.2. The highest BCUT2D eigenvalue weighted by Gasteiger charge is 2.34. The summed E-state index contributed by atoms with van der Waals surface area (Å²) in [6.45, 7) is 5.98. The van der Waals surface area contributed by atoms with Crippen molar-refractivity contribution in [2.75, 3.05) is 46.9 Å². The Kier molecular flexibility index (Phi) is 8.83. The number of hydrogen-bond acceptors (Lipinski definition) is 9. The van der Waals surface area contributed by atoms with Crippen LogP contribution in [0.5, 0.6) is 5.75 Å². The fourth-order valence-electron chi connectivity index (χ4n) is 4.51. The Morgan fingerprint density at radius 3 is 2.37 bits per heavy atom.